The Bertz CT molecular complexity index is 474. The monoisotopic (exact) mass is 274 g/mol. The first-order valence-corrected chi connectivity index (χ1v) is 6.78. The number of hydrogen-bond donors (Lipinski definition) is 0. The predicted octanol–water partition coefficient (Wildman–Crippen LogP) is 4.82. The van der Waals surface area contributed by atoms with E-state index in [1.54, 1.807) is 0 Å². The van der Waals surface area contributed by atoms with Crippen molar-refractivity contribution < 1.29 is 13.2 Å². The standard InChI is InChI=1S/C14H14ClF3/c15-14(9-4-7-1-2-8(9)3-7)10-5-12(17)13(18)6-11(10)16/h5-9,14H,1-4H2. The quantitative estimate of drug-likeness (QED) is 0.536. The van der Waals surface area contributed by atoms with E-state index in [1.807, 2.05) is 0 Å². The highest BCUT2D eigenvalue weighted by atomic mass is 35.5. The van der Waals surface area contributed by atoms with Crippen LogP contribution >= 0.6 is 11.6 Å². The van der Waals surface area contributed by atoms with Crippen LogP contribution in [0.3, 0.4) is 0 Å². The van der Waals surface area contributed by atoms with Crippen molar-refractivity contribution in [3.8, 4) is 0 Å². The zero-order valence-electron chi connectivity index (χ0n) is 9.80. The zero-order chi connectivity index (χ0) is 12.9. The summed E-state index contributed by atoms with van der Waals surface area (Å²) in [5, 5.41) is -0.546. The normalized spacial score (nSPS) is 31.9. The molecule has 2 bridgehead atoms. The molecule has 0 spiro atoms. The molecule has 0 heterocycles. The van der Waals surface area contributed by atoms with Crippen molar-refractivity contribution in [1.29, 1.82) is 0 Å². The Morgan fingerprint density at radius 1 is 1.00 bits per heavy atom. The van der Waals surface area contributed by atoms with Gasteiger partial charge >= 0.3 is 0 Å². The number of hydrogen-bond acceptors (Lipinski definition) is 0. The molecule has 98 valence electrons. The van der Waals surface area contributed by atoms with Crippen molar-refractivity contribution in [1.82, 2.24) is 0 Å². The minimum Gasteiger partial charge on any atom is -0.207 e. The molecule has 2 saturated carbocycles. The van der Waals surface area contributed by atoms with Crippen molar-refractivity contribution in [2.45, 2.75) is 31.1 Å². The van der Waals surface area contributed by atoms with E-state index in [9.17, 15) is 13.2 Å². The minimum atomic E-state index is -1.16. The van der Waals surface area contributed by atoms with Crippen LogP contribution in [0.4, 0.5) is 13.2 Å². The molecule has 2 aliphatic carbocycles. The Balaban J connectivity index is 1.88. The van der Waals surface area contributed by atoms with Crippen LogP contribution in [0.25, 0.3) is 0 Å². The molecule has 4 unspecified atom stereocenters. The second-order valence-corrected chi connectivity index (χ2v) is 6.00. The Hall–Kier alpha value is -0.700. The molecule has 0 radical (unpaired) electrons. The molecule has 18 heavy (non-hydrogen) atoms. The Kier molecular flexibility index (Phi) is 3.05. The lowest BCUT2D eigenvalue weighted by atomic mass is 9.83. The van der Waals surface area contributed by atoms with Crippen molar-refractivity contribution in [3.63, 3.8) is 0 Å². The summed E-state index contributed by atoms with van der Waals surface area (Å²) in [5.74, 6) is -1.52. The van der Waals surface area contributed by atoms with Crippen LogP contribution in [0.2, 0.25) is 0 Å². The van der Waals surface area contributed by atoms with E-state index in [-0.39, 0.29) is 11.5 Å². The Labute approximate surface area is 109 Å². The lowest BCUT2D eigenvalue weighted by Gasteiger charge is -2.26. The summed E-state index contributed by atoms with van der Waals surface area (Å²) in [7, 11) is 0. The molecule has 2 aliphatic rings. The van der Waals surface area contributed by atoms with Gasteiger partial charge < -0.3 is 0 Å². The third kappa shape index (κ3) is 1.93. The van der Waals surface area contributed by atoms with Crippen LogP contribution in [-0.2, 0) is 0 Å². The summed E-state index contributed by atoms with van der Waals surface area (Å²) in [6.45, 7) is 0. The molecule has 4 heteroatoms. The van der Waals surface area contributed by atoms with Crippen molar-refractivity contribution >= 4 is 11.6 Å². The predicted molar refractivity (Wildman–Crippen MR) is 63.8 cm³/mol. The highest BCUT2D eigenvalue weighted by Gasteiger charge is 2.43. The van der Waals surface area contributed by atoms with E-state index >= 15 is 0 Å². The van der Waals surface area contributed by atoms with E-state index in [0.717, 1.165) is 25.3 Å². The van der Waals surface area contributed by atoms with Crippen LogP contribution in [-0.4, -0.2) is 0 Å². The van der Waals surface area contributed by atoms with Crippen LogP contribution < -0.4 is 0 Å². The largest absolute Gasteiger partial charge is 0.207 e. The maximum absolute atomic E-state index is 13.7. The molecular formula is C14H14ClF3. The van der Waals surface area contributed by atoms with E-state index in [4.69, 9.17) is 11.6 Å². The first-order valence-electron chi connectivity index (χ1n) is 6.34. The smallest absolute Gasteiger partial charge is 0.161 e. The van der Waals surface area contributed by atoms with E-state index in [1.165, 1.54) is 6.42 Å². The number of benzene rings is 1. The summed E-state index contributed by atoms with van der Waals surface area (Å²) in [6.07, 6.45) is 4.49. The second-order valence-electron chi connectivity index (χ2n) is 5.53. The van der Waals surface area contributed by atoms with Gasteiger partial charge in [0.1, 0.15) is 5.82 Å². The fraction of sp³-hybridized carbons (Fsp3) is 0.571. The molecule has 0 saturated heterocycles. The molecule has 1 aromatic carbocycles. The SMILES string of the molecule is Fc1cc(F)c(C(Cl)C2CC3CCC2C3)cc1F. The van der Waals surface area contributed by atoms with Gasteiger partial charge in [-0.15, -0.1) is 11.6 Å². The average Bonchev–Trinajstić information content (AvgIpc) is 2.95. The minimum absolute atomic E-state index is 0.105. The van der Waals surface area contributed by atoms with Crippen LogP contribution in [0.15, 0.2) is 12.1 Å². The fourth-order valence-corrected chi connectivity index (χ4v) is 4.11. The van der Waals surface area contributed by atoms with Gasteiger partial charge in [-0.25, -0.2) is 13.2 Å². The molecule has 4 atom stereocenters. The van der Waals surface area contributed by atoms with Gasteiger partial charge in [-0.3, -0.25) is 0 Å². The van der Waals surface area contributed by atoms with Gasteiger partial charge in [0.05, 0.1) is 5.38 Å². The highest BCUT2D eigenvalue weighted by molar-refractivity contribution is 6.21. The first-order chi connectivity index (χ1) is 8.56. The Morgan fingerprint density at radius 3 is 2.33 bits per heavy atom. The second kappa shape index (κ2) is 4.44. The first kappa shape index (κ1) is 12.3. The summed E-state index contributed by atoms with van der Waals surface area (Å²) >= 11 is 6.31. The van der Waals surface area contributed by atoms with Gasteiger partial charge in [0.25, 0.3) is 0 Å². The average molecular weight is 275 g/mol. The third-order valence-electron chi connectivity index (χ3n) is 4.51. The summed E-state index contributed by atoms with van der Waals surface area (Å²) < 4.78 is 39.8. The van der Waals surface area contributed by atoms with Gasteiger partial charge in [0, 0.05) is 11.6 Å². The van der Waals surface area contributed by atoms with Crippen molar-refractivity contribution in [2.75, 3.05) is 0 Å². The Morgan fingerprint density at radius 2 is 1.72 bits per heavy atom. The summed E-state index contributed by atoms with van der Waals surface area (Å²) in [4.78, 5) is 0. The van der Waals surface area contributed by atoms with Crippen molar-refractivity contribution in [3.05, 3.63) is 35.1 Å². The molecule has 0 N–H and O–H groups in total. The number of rotatable bonds is 2. The fourth-order valence-electron chi connectivity index (χ4n) is 3.63. The van der Waals surface area contributed by atoms with Gasteiger partial charge in [-0.1, -0.05) is 6.42 Å². The number of fused-ring (bicyclic) bond motifs is 2. The van der Waals surface area contributed by atoms with Crippen LogP contribution in [0.1, 0.15) is 36.6 Å². The third-order valence-corrected chi connectivity index (χ3v) is 5.06. The zero-order valence-corrected chi connectivity index (χ0v) is 10.6. The lowest BCUT2D eigenvalue weighted by Crippen LogP contribution is -2.17. The van der Waals surface area contributed by atoms with Gasteiger partial charge in [0.15, 0.2) is 11.6 Å². The number of alkyl halides is 1. The summed E-state index contributed by atoms with van der Waals surface area (Å²) in [6, 6.07) is 1.50. The lowest BCUT2D eigenvalue weighted by molar-refractivity contribution is 0.319. The molecule has 3 rings (SSSR count). The van der Waals surface area contributed by atoms with E-state index < -0.39 is 22.8 Å². The van der Waals surface area contributed by atoms with E-state index in [2.05, 4.69) is 0 Å². The molecule has 1 aromatic rings. The maximum atomic E-state index is 13.7. The molecular weight excluding hydrogens is 261 g/mol. The van der Waals surface area contributed by atoms with Crippen LogP contribution in [0, 0.1) is 35.2 Å². The number of halogens is 4. The van der Waals surface area contributed by atoms with Gasteiger partial charge in [-0.2, -0.15) is 0 Å². The van der Waals surface area contributed by atoms with E-state index in [0.29, 0.717) is 17.9 Å². The molecule has 0 nitrogen and oxygen atoms in total. The molecule has 0 aromatic heterocycles. The molecule has 0 amide bonds. The van der Waals surface area contributed by atoms with Gasteiger partial charge in [0.2, 0.25) is 0 Å². The molecule has 0 aliphatic heterocycles. The van der Waals surface area contributed by atoms with Crippen molar-refractivity contribution in [2.24, 2.45) is 17.8 Å². The molecule has 2 fully saturated rings. The van der Waals surface area contributed by atoms with Crippen LogP contribution in [0.5, 0.6) is 0 Å². The van der Waals surface area contributed by atoms with Gasteiger partial charge in [-0.05, 0) is 43.1 Å². The summed E-state index contributed by atoms with van der Waals surface area (Å²) in [5.41, 5.74) is 0.105. The topological polar surface area (TPSA) is 0 Å². The highest BCUT2D eigenvalue weighted by Crippen LogP contribution is 2.54. The maximum Gasteiger partial charge on any atom is 0.161 e.